The summed E-state index contributed by atoms with van der Waals surface area (Å²) in [6, 6.07) is 19.7. The summed E-state index contributed by atoms with van der Waals surface area (Å²) >= 11 is 0. The lowest BCUT2D eigenvalue weighted by Gasteiger charge is -2.32. The molecule has 1 atom stereocenters. The second-order valence-electron chi connectivity index (χ2n) is 6.96. The summed E-state index contributed by atoms with van der Waals surface area (Å²) in [5.74, 6) is -1.76. The Bertz CT molecular complexity index is 1080. The molecule has 1 unspecified atom stereocenters. The van der Waals surface area contributed by atoms with Crippen LogP contribution in [0.25, 0.3) is 0 Å². The summed E-state index contributed by atoms with van der Waals surface area (Å²) in [7, 11) is 0. The van der Waals surface area contributed by atoms with Gasteiger partial charge >= 0.3 is 12.5 Å². The Morgan fingerprint density at radius 2 is 1.58 bits per heavy atom. The molecule has 3 aromatic carbocycles. The lowest BCUT2D eigenvalue weighted by atomic mass is 9.78. The summed E-state index contributed by atoms with van der Waals surface area (Å²) in [5, 5.41) is 9.03. The highest BCUT2D eigenvalue weighted by atomic mass is 19.3. The maximum Gasteiger partial charge on any atom is 0.461 e. The van der Waals surface area contributed by atoms with Crippen molar-refractivity contribution < 1.29 is 26.7 Å². The Hall–Kier alpha value is -3.44. The van der Waals surface area contributed by atoms with Crippen LogP contribution in [0.15, 0.2) is 72.8 Å². The van der Waals surface area contributed by atoms with E-state index in [-0.39, 0.29) is 12.0 Å². The summed E-state index contributed by atoms with van der Waals surface area (Å²) in [6.07, 6.45) is -8.76. The number of nitriles is 1. The molecule has 0 heterocycles. The highest BCUT2D eigenvalue weighted by Gasteiger charge is 2.44. The summed E-state index contributed by atoms with van der Waals surface area (Å²) < 4.78 is 70.2. The van der Waals surface area contributed by atoms with Crippen molar-refractivity contribution in [2.45, 2.75) is 24.5 Å². The number of halogens is 5. The number of alkyl halides is 4. The van der Waals surface area contributed by atoms with E-state index in [9.17, 15) is 22.0 Å². The van der Waals surface area contributed by atoms with Crippen molar-refractivity contribution in [1.29, 1.82) is 5.26 Å². The second kappa shape index (κ2) is 8.74. The third kappa shape index (κ3) is 5.01. The van der Waals surface area contributed by atoms with E-state index in [0.717, 1.165) is 17.7 Å². The van der Waals surface area contributed by atoms with Gasteiger partial charge in [0.15, 0.2) is 0 Å². The van der Waals surface area contributed by atoms with Gasteiger partial charge in [-0.3, -0.25) is 0 Å². The highest BCUT2D eigenvalue weighted by Crippen LogP contribution is 2.36. The summed E-state index contributed by atoms with van der Waals surface area (Å²) in [6.45, 7) is 0. The van der Waals surface area contributed by atoms with Gasteiger partial charge in [-0.25, -0.2) is 4.39 Å². The Balaban J connectivity index is 2.11. The van der Waals surface area contributed by atoms with Crippen LogP contribution in [0.2, 0.25) is 0 Å². The van der Waals surface area contributed by atoms with E-state index in [0.29, 0.717) is 17.2 Å². The number of rotatable bonds is 7. The largest absolute Gasteiger partial charge is 0.461 e. The molecule has 0 aliphatic carbocycles. The van der Waals surface area contributed by atoms with Crippen molar-refractivity contribution >= 4 is 0 Å². The standard InChI is InChI=1S/C23H17F5N2O/c24-19-10-18(11-20(12-19)31-23(27,28)21(25)26)22(30,13-15-4-2-1-3-5-15)17-8-6-16(14-29)7-9-17/h1-12,21H,13,30H2. The number of ether oxygens (including phenoxy) is 1. The fraction of sp³-hybridized carbons (Fsp3) is 0.174. The number of hydrogen-bond acceptors (Lipinski definition) is 3. The molecule has 31 heavy (non-hydrogen) atoms. The highest BCUT2D eigenvalue weighted by molar-refractivity contribution is 5.45. The molecule has 3 nitrogen and oxygen atoms in total. The van der Waals surface area contributed by atoms with Crippen LogP contribution < -0.4 is 10.5 Å². The van der Waals surface area contributed by atoms with Crippen molar-refractivity contribution in [3.8, 4) is 11.8 Å². The van der Waals surface area contributed by atoms with Gasteiger partial charge in [0.05, 0.1) is 17.2 Å². The second-order valence-corrected chi connectivity index (χ2v) is 6.96. The zero-order chi connectivity index (χ0) is 22.6. The van der Waals surface area contributed by atoms with Crippen molar-refractivity contribution in [2.75, 3.05) is 0 Å². The van der Waals surface area contributed by atoms with Crippen LogP contribution in [0.1, 0.15) is 22.3 Å². The van der Waals surface area contributed by atoms with Crippen LogP contribution in [0.4, 0.5) is 22.0 Å². The molecular weight excluding hydrogens is 415 g/mol. The lowest BCUT2D eigenvalue weighted by Crippen LogP contribution is -2.40. The van der Waals surface area contributed by atoms with E-state index < -0.39 is 29.6 Å². The topological polar surface area (TPSA) is 59.0 Å². The fourth-order valence-corrected chi connectivity index (χ4v) is 3.21. The Morgan fingerprint density at radius 1 is 0.935 bits per heavy atom. The predicted octanol–water partition coefficient (Wildman–Crippen LogP) is 5.38. The van der Waals surface area contributed by atoms with Crippen molar-refractivity contribution in [3.05, 3.63) is 101 Å². The van der Waals surface area contributed by atoms with Crippen LogP contribution in [-0.4, -0.2) is 12.5 Å². The molecule has 0 bridgehead atoms. The van der Waals surface area contributed by atoms with Crippen LogP contribution in [0.5, 0.6) is 5.75 Å². The average molecular weight is 432 g/mol. The first kappa shape index (κ1) is 22.2. The first-order valence-electron chi connectivity index (χ1n) is 9.13. The quantitative estimate of drug-likeness (QED) is 0.510. The molecule has 0 aliphatic rings. The van der Waals surface area contributed by atoms with E-state index in [1.54, 1.807) is 42.5 Å². The van der Waals surface area contributed by atoms with Gasteiger partial charge in [-0.15, -0.1) is 0 Å². The molecule has 3 aromatic rings. The van der Waals surface area contributed by atoms with Gasteiger partial charge < -0.3 is 10.5 Å². The SMILES string of the molecule is N#Cc1ccc(C(N)(Cc2ccccc2)c2cc(F)cc(OC(F)(F)C(F)F)c2)cc1. The smallest absolute Gasteiger partial charge is 0.428 e. The minimum atomic E-state index is -4.80. The summed E-state index contributed by atoms with van der Waals surface area (Å²) in [4.78, 5) is 0. The first-order valence-corrected chi connectivity index (χ1v) is 9.13. The number of nitrogens with two attached hydrogens (primary N) is 1. The average Bonchev–Trinajstić information content (AvgIpc) is 2.73. The van der Waals surface area contributed by atoms with Crippen LogP contribution in [0, 0.1) is 17.1 Å². The molecule has 0 radical (unpaired) electrons. The molecule has 0 spiro atoms. The predicted molar refractivity (Wildman–Crippen MR) is 104 cm³/mol. The van der Waals surface area contributed by atoms with E-state index >= 15 is 0 Å². The zero-order valence-corrected chi connectivity index (χ0v) is 16.0. The fourth-order valence-electron chi connectivity index (χ4n) is 3.21. The van der Waals surface area contributed by atoms with Crippen LogP contribution in [0.3, 0.4) is 0 Å². The van der Waals surface area contributed by atoms with Gasteiger partial charge in [0, 0.05) is 6.07 Å². The molecule has 2 N–H and O–H groups in total. The van der Waals surface area contributed by atoms with E-state index in [1.807, 2.05) is 6.07 Å². The molecule has 0 saturated heterocycles. The van der Waals surface area contributed by atoms with Gasteiger partial charge in [-0.2, -0.15) is 22.8 Å². The van der Waals surface area contributed by atoms with Gasteiger partial charge in [0.2, 0.25) is 0 Å². The monoisotopic (exact) mass is 432 g/mol. The van der Waals surface area contributed by atoms with Gasteiger partial charge in [-0.1, -0.05) is 42.5 Å². The van der Waals surface area contributed by atoms with Crippen molar-refractivity contribution in [3.63, 3.8) is 0 Å². The minimum absolute atomic E-state index is 0.0427. The lowest BCUT2D eigenvalue weighted by molar-refractivity contribution is -0.253. The van der Waals surface area contributed by atoms with Crippen LogP contribution in [-0.2, 0) is 12.0 Å². The molecular formula is C23H17F5N2O. The van der Waals surface area contributed by atoms with E-state index in [4.69, 9.17) is 11.0 Å². The zero-order valence-electron chi connectivity index (χ0n) is 16.0. The minimum Gasteiger partial charge on any atom is -0.428 e. The number of benzene rings is 3. The number of hydrogen-bond donors (Lipinski definition) is 1. The molecule has 0 saturated carbocycles. The third-order valence-corrected chi connectivity index (χ3v) is 4.75. The Labute approximate surface area is 175 Å². The van der Waals surface area contributed by atoms with Crippen molar-refractivity contribution in [2.24, 2.45) is 5.73 Å². The molecule has 0 aromatic heterocycles. The van der Waals surface area contributed by atoms with E-state index in [2.05, 4.69) is 4.74 Å². The van der Waals surface area contributed by atoms with E-state index in [1.165, 1.54) is 12.1 Å². The van der Waals surface area contributed by atoms with Gasteiger partial charge in [0.25, 0.3) is 0 Å². The molecule has 3 rings (SSSR count). The number of nitrogens with zero attached hydrogens (tertiary/aromatic N) is 1. The Morgan fingerprint density at radius 3 is 2.16 bits per heavy atom. The van der Waals surface area contributed by atoms with Crippen LogP contribution >= 0.6 is 0 Å². The molecule has 160 valence electrons. The normalized spacial score (nSPS) is 13.5. The maximum absolute atomic E-state index is 14.3. The van der Waals surface area contributed by atoms with Crippen molar-refractivity contribution in [1.82, 2.24) is 0 Å². The first-order chi connectivity index (χ1) is 14.6. The Kier molecular flexibility index (Phi) is 6.27. The summed E-state index contributed by atoms with van der Waals surface area (Å²) in [5.41, 5.74) is 6.89. The maximum atomic E-state index is 14.3. The molecule has 8 heteroatoms. The molecule has 0 fully saturated rings. The van der Waals surface area contributed by atoms with Gasteiger partial charge in [-0.05, 0) is 47.4 Å². The molecule has 0 amide bonds. The third-order valence-electron chi connectivity index (χ3n) is 4.75. The molecule has 0 aliphatic heterocycles. The van der Waals surface area contributed by atoms with Gasteiger partial charge in [0.1, 0.15) is 11.6 Å².